The summed E-state index contributed by atoms with van der Waals surface area (Å²) in [5.41, 5.74) is 2.87. The molecule has 2 aliphatic rings. The minimum atomic E-state index is -2.76. The number of benzene rings is 1. The normalized spacial score (nSPS) is 26.8. The fraction of sp³-hybridized carbons (Fsp3) is 0.600. The summed E-state index contributed by atoms with van der Waals surface area (Å²) in [4.78, 5) is 0. The van der Waals surface area contributed by atoms with Crippen LogP contribution in [0.2, 0.25) is 0 Å². The van der Waals surface area contributed by atoms with Crippen LogP contribution in [0.3, 0.4) is 0 Å². The van der Waals surface area contributed by atoms with E-state index in [1.807, 2.05) is 0 Å². The van der Waals surface area contributed by atoms with E-state index in [1.165, 1.54) is 30.4 Å². The standard InChI is InChI=1S/C15H21NO2S/c17-19(18)10-8-13(9-11-19)16-15-7-3-5-12-4-1-2-6-14(12)15/h1-2,4,6,13,15-16H,3,5,7-11H2. The minimum absolute atomic E-state index is 0.346. The third-order valence-corrected chi connectivity index (χ3v) is 6.08. The Bertz CT molecular complexity index is 539. The zero-order valence-electron chi connectivity index (χ0n) is 11.1. The largest absolute Gasteiger partial charge is 0.307 e. The van der Waals surface area contributed by atoms with Crippen LogP contribution in [0.5, 0.6) is 0 Å². The summed E-state index contributed by atoms with van der Waals surface area (Å²) in [6.45, 7) is 0. The van der Waals surface area contributed by atoms with Crippen molar-refractivity contribution in [2.45, 2.75) is 44.2 Å². The molecule has 1 atom stereocenters. The van der Waals surface area contributed by atoms with Gasteiger partial charge in [-0.3, -0.25) is 0 Å². The molecule has 3 rings (SSSR count). The van der Waals surface area contributed by atoms with E-state index >= 15 is 0 Å². The topological polar surface area (TPSA) is 46.2 Å². The summed E-state index contributed by atoms with van der Waals surface area (Å²) in [6.07, 6.45) is 5.09. The lowest BCUT2D eigenvalue weighted by Gasteiger charge is -2.32. The van der Waals surface area contributed by atoms with Crippen molar-refractivity contribution in [2.24, 2.45) is 0 Å². The smallest absolute Gasteiger partial charge is 0.150 e. The maximum absolute atomic E-state index is 11.5. The van der Waals surface area contributed by atoms with Gasteiger partial charge in [-0.1, -0.05) is 24.3 Å². The molecule has 1 saturated heterocycles. The van der Waals surface area contributed by atoms with Crippen molar-refractivity contribution in [2.75, 3.05) is 11.5 Å². The molecule has 1 aliphatic heterocycles. The highest BCUT2D eigenvalue weighted by Gasteiger charge is 2.27. The van der Waals surface area contributed by atoms with Gasteiger partial charge in [-0.25, -0.2) is 8.42 Å². The molecule has 1 aliphatic carbocycles. The summed E-state index contributed by atoms with van der Waals surface area (Å²) in [5.74, 6) is 0.693. The number of sulfone groups is 1. The van der Waals surface area contributed by atoms with Crippen LogP contribution in [-0.2, 0) is 16.3 Å². The first kappa shape index (κ1) is 13.1. The van der Waals surface area contributed by atoms with Gasteiger partial charge in [0.15, 0.2) is 0 Å². The van der Waals surface area contributed by atoms with Gasteiger partial charge in [-0.2, -0.15) is 0 Å². The van der Waals surface area contributed by atoms with E-state index in [1.54, 1.807) is 0 Å². The van der Waals surface area contributed by atoms with Crippen molar-refractivity contribution in [1.29, 1.82) is 0 Å². The fourth-order valence-electron chi connectivity index (χ4n) is 3.27. The van der Waals surface area contributed by atoms with Crippen molar-refractivity contribution in [1.82, 2.24) is 5.32 Å². The summed E-state index contributed by atoms with van der Waals surface area (Å²) >= 11 is 0. The van der Waals surface area contributed by atoms with E-state index in [-0.39, 0.29) is 0 Å². The molecule has 104 valence electrons. The number of fused-ring (bicyclic) bond motifs is 1. The monoisotopic (exact) mass is 279 g/mol. The molecule has 0 amide bonds. The fourth-order valence-corrected chi connectivity index (χ4v) is 4.76. The van der Waals surface area contributed by atoms with Crippen LogP contribution in [0.4, 0.5) is 0 Å². The molecule has 1 unspecified atom stereocenters. The van der Waals surface area contributed by atoms with Gasteiger partial charge in [0.1, 0.15) is 9.84 Å². The van der Waals surface area contributed by atoms with E-state index in [2.05, 4.69) is 29.6 Å². The Morgan fingerprint density at radius 1 is 1.05 bits per heavy atom. The molecule has 0 saturated carbocycles. The van der Waals surface area contributed by atoms with Crippen molar-refractivity contribution in [3.05, 3.63) is 35.4 Å². The molecule has 0 aromatic heterocycles. The molecular formula is C15H21NO2S. The highest BCUT2D eigenvalue weighted by atomic mass is 32.2. The summed E-state index contributed by atoms with van der Waals surface area (Å²) in [5, 5.41) is 3.69. The zero-order valence-corrected chi connectivity index (χ0v) is 12.0. The molecule has 0 radical (unpaired) electrons. The maximum atomic E-state index is 11.5. The van der Waals surface area contributed by atoms with Crippen LogP contribution in [0, 0.1) is 0 Å². The lowest BCUT2D eigenvalue weighted by atomic mass is 9.87. The predicted molar refractivity (Wildman–Crippen MR) is 76.9 cm³/mol. The van der Waals surface area contributed by atoms with Crippen molar-refractivity contribution >= 4 is 9.84 Å². The molecule has 1 fully saturated rings. The molecule has 19 heavy (non-hydrogen) atoms. The van der Waals surface area contributed by atoms with Gasteiger partial charge in [0, 0.05) is 12.1 Å². The van der Waals surface area contributed by atoms with Gasteiger partial charge in [0.2, 0.25) is 0 Å². The molecule has 1 aromatic rings. The van der Waals surface area contributed by atoms with E-state index in [9.17, 15) is 8.42 Å². The molecule has 0 bridgehead atoms. The lowest BCUT2D eigenvalue weighted by Crippen LogP contribution is -2.40. The zero-order chi connectivity index (χ0) is 13.3. The quantitative estimate of drug-likeness (QED) is 0.903. The number of rotatable bonds is 2. The Kier molecular flexibility index (Phi) is 3.63. The first-order valence-electron chi connectivity index (χ1n) is 7.18. The van der Waals surface area contributed by atoms with Crippen molar-refractivity contribution < 1.29 is 8.42 Å². The molecule has 1 aromatic carbocycles. The number of hydrogen-bond acceptors (Lipinski definition) is 3. The third kappa shape index (κ3) is 3.00. The molecule has 4 heteroatoms. The third-order valence-electron chi connectivity index (χ3n) is 4.36. The van der Waals surface area contributed by atoms with Gasteiger partial charge < -0.3 is 5.32 Å². The Morgan fingerprint density at radius 2 is 1.79 bits per heavy atom. The molecule has 3 nitrogen and oxygen atoms in total. The van der Waals surface area contributed by atoms with Gasteiger partial charge >= 0.3 is 0 Å². The average molecular weight is 279 g/mol. The van der Waals surface area contributed by atoms with E-state index in [0.717, 1.165) is 12.8 Å². The second-order valence-corrected chi connectivity index (χ2v) is 8.04. The number of hydrogen-bond donors (Lipinski definition) is 1. The van der Waals surface area contributed by atoms with Gasteiger partial charge in [-0.05, 0) is 43.2 Å². The average Bonchev–Trinajstić information content (AvgIpc) is 2.42. The van der Waals surface area contributed by atoms with Crippen LogP contribution >= 0.6 is 0 Å². The van der Waals surface area contributed by atoms with Crippen LogP contribution in [0.15, 0.2) is 24.3 Å². The molecule has 1 heterocycles. The molecular weight excluding hydrogens is 258 g/mol. The van der Waals surface area contributed by atoms with E-state index < -0.39 is 9.84 Å². The lowest BCUT2D eigenvalue weighted by molar-refractivity contribution is 0.373. The van der Waals surface area contributed by atoms with Gasteiger partial charge in [0.25, 0.3) is 0 Å². The van der Waals surface area contributed by atoms with Crippen LogP contribution < -0.4 is 5.32 Å². The minimum Gasteiger partial charge on any atom is -0.307 e. The highest BCUT2D eigenvalue weighted by Crippen LogP contribution is 2.30. The van der Waals surface area contributed by atoms with Crippen LogP contribution in [0.25, 0.3) is 0 Å². The number of nitrogens with one attached hydrogen (secondary N) is 1. The van der Waals surface area contributed by atoms with Crippen molar-refractivity contribution in [3.63, 3.8) is 0 Å². The number of aryl methyl sites for hydroxylation is 1. The maximum Gasteiger partial charge on any atom is 0.150 e. The Balaban J connectivity index is 1.68. The highest BCUT2D eigenvalue weighted by molar-refractivity contribution is 7.91. The van der Waals surface area contributed by atoms with E-state index in [4.69, 9.17) is 0 Å². The summed E-state index contributed by atoms with van der Waals surface area (Å²) < 4.78 is 22.9. The molecule has 1 N–H and O–H groups in total. The second-order valence-electron chi connectivity index (χ2n) is 5.74. The Morgan fingerprint density at radius 3 is 2.58 bits per heavy atom. The Labute approximate surface area is 115 Å². The van der Waals surface area contributed by atoms with Crippen LogP contribution in [-0.4, -0.2) is 26.0 Å². The SMILES string of the molecule is O=S1(=O)CCC(NC2CCCc3ccccc32)CC1. The second kappa shape index (κ2) is 5.25. The first-order valence-corrected chi connectivity index (χ1v) is 9.00. The van der Waals surface area contributed by atoms with Crippen molar-refractivity contribution in [3.8, 4) is 0 Å². The molecule has 0 spiro atoms. The first-order chi connectivity index (χ1) is 9.14. The van der Waals surface area contributed by atoms with E-state index in [0.29, 0.717) is 23.6 Å². The Hall–Kier alpha value is -0.870. The summed E-state index contributed by atoms with van der Waals surface area (Å²) in [6, 6.07) is 9.41. The summed E-state index contributed by atoms with van der Waals surface area (Å²) in [7, 11) is -2.76. The van der Waals surface area contributed by atoms with Gasteiger partial charge in [-0.15, -0.1) is 0 Å². The van der Waals surface area contributed by atoms with Crippen LogP contribution in [0.1, 0.15) is 42.9 Å². The van der Waals surface area contributed by atoms with Gasteiger partial charge in [0.05, 0.1) is 11.5 Å². The predicted octanol–water partition coefficient (Wildman–Crippen LogP) is 2.23.